The third-order valence-corrected chi connectivity index (χ3v) is 4.76. The fourth-order valence-electron chi connectivity index (χ4n) is 3.00. The summed E-state index contributed by atoms with van der Waals surface area (Å²) in [6.45, 7) is 8.54. The molecule has 1 aromatic rings. The third-order valence-electron chi connectivity index (χ3n) is 4.76. The number of carbonyl (C=O) groups is 2. The monoisotopic (exact) mass is 420 g/mol. The smallest absolute Gasteiger partial charge is 0.305 e. The van der Waals surface area contributed by atoms with Gasteiger partial charge < -0.3 is 9.15 Å². The summed E-state index contributed by atoms with van der Waals surface area (Å²) in [6, 6.07) is 3.64. The van der Waals surface area contributed by atoms with Crippen molar-refractivity contribution in [2.24, 2.45) is 0 Å². The van der Waals surface area contributed by atoms with Crippen LogP contribution < -0.4 is 0 Å². The van der Waals surface area contributed by atoms with Crippen molar-refractivity contribution >= 4 is 17.8 Å². The highest BCUT2D eigenvalue weighted by atomic mass is 16.5. The topological polar surface area (TPSA) is 56.5 Å². The molecule has 0 aliphatic rings. The second kappa shape index (κ2) is 20.4. The van der Waals surface area contributed by atoms with Gasteiger partial charge in [0.2, 0.25) is 0 Å². The van der Waals surface area contributed by atoms with E-state index in [1.54, 1.807) is 19.1 Å². The molecule has 0 N–H and O–H groups in total. The molecule has 0 unspecified atom stereocenters. The molecule has 0 saturated heterocycles. The minimum absolute atomic E-state index is 0.0200. The Bertz CT molecular complexity index is 561. The molecule has 0 fully saturated rings. The summed E-state index contributed by atoms with van der Waals surface area (Å²) >= 11 is 0. The van der Waals surface area contributed by atoms with Crippen molar-refractivity contribution in [3.05, 3.63) is 29.7 Å². The maximum Gasteiger partial charge on any atom is 0.305 e. The first-order valence-electron chi connectivity index (χ1n) is 12.0. The first-order chi connectivity index (χ1) is 14.5. The number of rotatable bonds is 16. The molecule has 0 aliphatic heterocycles. The molecular weight excluding hydrogens is 376 g/mol. The number of unbranched alkanes of at least 4 members (excludes halogenated alkanes) is 9. The zero-order valence-corrected chi connectivity index (χ0v) is 19.8. The van der Waals surface area contributed by atoms with E-state index in [1.165, 1.54) is 70.3 Å². The number of ketones is 1. The lowest BCUT2D eigenvalue weighted by atomic mass is 10.1. The Balaban J connectivity index is 0.000000612. The van der Waals surface area contributed by atoms with Gasteiger partial charge in [0.1, 0.15) is 11.5 Å². The van der Waals surface area contributed by atoms with Crippen molar-refractivity contribution in [3.63, 3.8) is 0 Å². The number of carbonyl (C=O) groups excluding carboxylic acids is 2. The quantitative estimate of drug-likeness (QED) is 0.155. The van der Waals surface area contributed by atoms with Gasteiger partial charge in [-0.25, -0.2) is 0 Å². The van der Waals surface area contributed by atoms with E-state index >= 15 is 0 Å². The van der Waals surface area contributed by atoms with Crippen LogP contribution in [-0.4, -0.2) is 18.4 Å². The molecule has 0 aliphatic carbocycles. The van der Waals surface area contributed by atoms with Crippen molar-refractivity contribution in [2.75, 3.05) is 6.61 Å². The van der Waals surface area contributed by atoms with Crippen LogP contribution in [-0.2, 0) is 14.3 Å². The number of hydrogen-bond donors (Lipinski definition) is 0. The number of hydrogen-bond acceptors (Lipinski definition) is 4. The fourth-order valence-corrected chi connectivity index (χ4v) is 3.00. The van der Waals surface area contributed by atoms with E-state index in [9.17, 15) is 9.59 Å². The van der Waals surface area contributed by atoms with Gasteiger partial charge in [-0.3, -0.25) is 9.59 Å². The van der Waals surface area contributed by atoms with E-state index in [4.69, 9.17) is 9.15 Å². The molecule has 1 aromatic heterocycles. The van der Waals surface area contributed by atoms with Gasteiger partial charge in [0.15, 0.2) is 5.78 Å². The summed E-state index contributed by atoms with van der Waals surface area (Å²) in [6.07, 6.45) is 18.7. The first-order valence-corrected chi connectivity index (χ1v) is 12.0. The molecule has 0 aromatic carbocycles. The highest BCUT2D eigenvalue weighted by Gasteiger charge is 2.04. The van der Waals surface area contributed by atoms with E-state index in [1.807, 2.05) is 13.0 Å². The van der Waals surface area contributed by atoms with Gasteiger partial charge in [0, 0.05) is 12.8 Å². The average Bonchev–Trinajstić information content (AvgIpc) is 3.14. The Labute approximate surface area is 184 Å². The summed E-state index contributed by atoms with van der Waals surface area (Å²) in [5.41, 5.74) is 0. The van der Waals surface area contributed by atoms with Gasteiger partial charge in [0.05, 0.1) is 6.61 Å². The highest BCUT2D eigenvalue weighted by molar-refractivity contribution is 5.93. The Morgan fingerprint density at radius 3 is 1.87 bits per heavy atom. The predicted octanol–water partition coefficient (Wildman–Crippen LogP) is 7.83. The van der Waals surface area contributed by atoms with Crippen LogP contribution >= 0.6 is 0 Å². The minimum Gasteiger partial charge on any atom is -0.466 e. The molecule has 172 valence electrons. The van der Waals surface area contributed by atoms with Crippen LogP contribution in [0.25, 0.3) is 6.08 Å². The molecule has 1 heterocycles. The zero-order chi connectivity index (χ0) is 22.5. The molecule has 30 heavy (non-hydrogen) atoms. The van der Waals surface area contributed by atoms with E-state index in [0.29, 0.717) is 25.2 Å². The van der Waals surface area contributed by atoms with Gasteiger partial charge in [-0.05, 0) is 44.6 Å². The van der Waals surface area contributed by atoms with E-state index < -0.39 is 0 Å². The van der Waals surface area contributed by atoms with Crippen LogP contribution in [0.5, 0.6) is 0 Å². The molecule has 0 bridgehead atoms. The summed E-state index contributed by atoms with van der Waals surface area (Å²) in [4.78, 5) is 22.5. The number of furan rings is 1. The number of ether oxygens (including phenoxy) is 1. The molecule has 4 heteroatoms. The summed E-state index contributed by atoms with van der Waals surface area (Å²) in [7, 11) is 0. The Hall–Kier alpha value is -1.84. The van der Waals surface area contributed by atoms with Gasteiger partial charge >= 0.3 is 5.97 Å². The SMILES string of the molecule is CCCCCCCCCCCC.CCOC(=O)CCCC(=O)/C=C/c1ccc(C)o1. The molecule has 0 radical (unpaired) electrons. The molecular formula is C26H44O4. The van der Waals surface area contributed by atoms with Crippen LogP contribution in [0, 0.1) is 6.92 Å². The third kappa shape index (κ3) is 18.2. The predicted molar refractivity (Wildman–Crippen MR) is 125 cm³/mol. The van der Waals surface area contributed by atoms with Crippen molar-refractivity contribution < 1.29 is 18.7 Å². The Morgan fingerprint density at radius 2 is 1.40 bits per heavy atom. The van der Waals surface area contributed by atoms with Crippen LogP contribution in [0.3, 0.4) is 0 Å². The van der Waals surface area contributed by atoms with Gasteiger partial charge in [0.25, 0.3) is 0 Å². The van der Waals surface area contributed by atoms with Gasteiger partial charge in [-0.2, -0.15) is 0 Å². The van der Waals surface area contributed by atoms with E-state index in [0.717, 1.165) is 5.76 Å². The van der Waals surface area contributed by atoms with Gasteiger partial charge in [-0.1, -0.05) is 78.1 Å². The maximum absolute atomic E-state index is 11.5. The van der Waals surface area contributed by atoms with Crippen molar-refractivity contribution in [2.45, 2.75) is 111 Å². The number of allylic oxidation sites excluding steroid dienone is 1. The lowest BCUT2D eigenvalue weighted by molar-refractivity contribution is -0.143. The lowest BCUT2D eigenvalue weighted by Gasteiger charge is -1.99. The fraction of sp³-hybridized carbons (Fsp3) is 0.692. The number of aryl methyl sites for hydroxylation is 1. The Morgan fingerprint density at radius 1 is 0.833 bits per heavy atom. The average molecular weight is 421 g/mol. The van der Waals surface area contributed by atoms with E-state index in [2.05, 4.69) is 13.8 Å². The lowest BCUT2D eigenvalue weighted by Crippen LogP contribution is -2.04. The number of esters is 1. The van der Waals surface area contributed by atoms with Crippen LogP contribution in [0.4, 0.5) is 0 Å². The van der Waals surface area contributed by atoms with Crippen molar-refractivity contribution in [1.29, 1.82) is 0 Å². The standard InChI is InChI=1S/C14H18O4.C12H26/c1-3-17-14(16)6-4-5-12(15)8-10-13-9-7-11(2)18-13;1-3-5-7-9-11-12-10-8-6-4-2/h7-10H,3-6H2,1-2H3;3-12H2,1-2H3/b10-8+;. The normalized spacial score (nSPS) is 10.7. The molecule has 0 amide bonds. The van der Waals surface area contributed by atoms with Crippen molar-refractivity contribution in [1.82, 2.24) is 0 Å². The highest BCUT2D eigenvalue weighted by Crippen LogP contribution is 2.10. The molecule has 0 saturated carbocycles. The Kier molecular flexibility index (Phi) is 19.2. The summed E-state index contributed by atoms with van der Waals surface area (Å²) in [5, 5.41) is 0. The summed E-state index contributed by atoms with van der Waals surface area (Å²) < 4.78 is 10.1. The minimum atomic E-state index is -0.254. The zero-order valence-electron chi connectivity index (χ0n) is 19.8. The second-order valence-corrected chi connectivity index (χ2v) is 7.74. The van der Waals surface area contributed by atoms with Crippen LogP contribution in [0.1, 0.15) is 116 Å². The van der Waals surface area contributed by atoms with Crippen molar-refractivity contribution in [3.8, 4) is 0 Å². The van der Waals surface area contributed by atoms with Crippen LogP contribution in [0.15, 0.2) is 22.6 Å². The van der Waals surface area contributed by atoms with Gasteiger partial charge in [-0.15, -0.1) is 0 Å². The molecule has 1 rings (SSSR count). The second-order valence-electron chi connectivity index (χ2n) is 7.74. The molecule has 0 spiro atoms. The maximum atomic E-state index is 11.5. The largest absolute Gasteiger partial charge is 0.466 e. The molecule has 0 atom stereocenters. The molecule has 4 nitrogen and oxygen atoms in total. The summed E-state index contributed by atoms with van der Waals surface area (Å²) in [5.74, 6) is 1.19. The van der Waals surface area contributed by atoms with Crippen LogP contribution in [0.2, 0.25) is 0 Å². The van der Waals surface area contributed by atoms with E-state index in [-0.39, 0.29) is 18.2 Å². The first kappa shape index (κ1) is 28.2.